The number of hydrogen-bond donors (Lipinski definition) is 0. The summed E-state index contributed by atoms with van der Waals surface area (Å²) in [5.41, 5.74) is 2.21. The van der Waals surface area contributed by atoms with Crippen molar-refractivity contribution in [1.82, 2.24) is 0 Å². The van der Waals surface area contributed by atoms with Crippen molar-refractivity contribution in [1.29, 1.82) is 0 Å². The Balaban J connectivity index is 2.16. The van der Waals surface area contributed by atoms with Gasteiger partial charge in [-0.2, -0.15) is 0 Å². The molecule has 0 radical (unpaired) electrons. The number of fused-ring (bicyclic) bond motifs is 2. The summed E-state index contributed by atoms with van der Waals surface area (Å²) in [4.78, 5) is 14.3. The van der Waals surface area contributed by atoms with Crippen molar-refractivity contribution >= 4 is 11.6 Å². The molecular formula is C14H17NO. The Bertz CT molecular complexity index is 432. The molecule has 1 fully saturated rings. The SMILES string of the molecule is CN1C(=O)C2(CCCCC2)c2ccccc21. The molecule has 2 nitrogen and oxygen atoms in total. The second-order valence-corrected chi connectivity index (χ2v) is 5.02. The second-order valence-electron chi connectivity index (χ2n) is 5.02. The van der Waals surface area contributed by atoms with E-state index in [9.17, 15) is 4.79 Å². The minimum Gasteiger partial charge on any atom is -0.314 e. The van der Waals surface area contributed by atoms with E-state index in [4.69, 9.17) is 0 Å². The van der Waals surface area contributed by atoms with Gasteiger partial charge in [0.05, 0.1) is 5.41 Å². The van der Waals surface area contributed by atoms with Gasteiger partial charge in [0.25, 0.3) is 0 Å². The highest BCUT2D eigenvalue weighted by atomic mass is 16.2. The third-order valence-corrected chi connectivity index (χ3v) is 4.20. The maximum atomic E-state index is 12.5. The van der Waals surface area contributed by atoms with Crippen molar-refractivity contribution in [3.63, 3.8) is 0 Å². The molecule has 1 aliphatic carbocycles. The van der Waals surface area contributed by atoms with Crippen molar-refractivity contribution in [2.24, 2.45) is 0 Å². The van der Waals surface area contributed by atoms with E-state index in [-0.39, 0.29) is 5.41 Å². The lowest BCUT2D eigenvalue weighted by atomic mass is 9.70. The van der Waals surface area contributed by atoms with Gasteiger partial charge in [0.15, 0.2) is 0 Å². The minimum absolute atomic E-state index is 0.177. The van der Waals surface area contributed by atoms with Crippen molar-refractivity contribution in [3.05, 3.63) is 29.8 Å². The van der Waals surface area contributed by atoms with Crippen LogP contribution in [0.1, 0.15) is 37.7 Å². The Hall–Kier alpha value is -1.31. The van der Waals surface area contributed by atoms with E-state index in [2.05, 4.69) is 18.2 Å². The quantitative estimate of drug-likeness (QED) is 0.651. The number of benzene rings is 1. The van der Waals surface area contributed by atoms with Gasteiger partial charge >= 0.3 is 0 Å². The number of nitrogens with zero attached hydrogens (tertiary/aromatic N) is 1. The maximum absolute atomic E-state index is 12.5. The van der Waals surface area contributed by atoms with Crippen LogP contribution < -0.4 is 4.90 Å². The van der Waals surface area contributed by atoms with Crippen LogP contribution in [-0.2, 0) is 10.2 Å². The molecule has 0 unspecified atom stereocenters. The van der Waals surface area contributed by atoms with Crippen LogP contribution in [0.25, 0.3) is 0 Å². The predicted molar refractivity (Wildman–Crippen MR) is 64.6 cm³/mol. The summed E-state index contributed by atoms with van der Waals surface area (Å²) in [5.74, 6) is 0.313. The van der Waals surface area contributed by atoms with Gasteiger partial charge in [-0.05, 0) is 24.5 Å². The third kappa shape index (κ3) is 1.10. The maximum Gasteiger partial charge on any atom is 0.237 e. The summed E-state index contributed by atoms with van der Waals surface area (Å²) in [6.45, 7) is 0. The van der Waals surface area contributed by atoms with E-state index in [1.807, 2.05) is 18.0 Å². The zero-order chi connectivity index (χ0) is 11.2. The number of hydrogen-bond acceptors (Lipinski definition) is 1. The summed E-state index contributed by atoms with van der Waals surface area (Å²) in [6.07, 6.45) is 5.73. The highest BCUT2D eigenvalue weighted by Crippen LogP contribution is 2.49. The van der Waals surface area contributed by atoms with Gasteiger partial charge < -0.3 is 4.90 Å². The average molecular weight is 215 g/mol. The molecule has 1 heterocycles. The molecule has 2 heteroatoms. The number of carbonyl (C=O) groups is 1. The number of carbonyl (C=O) groups excluding carboxylic acids is 1. The van der Waals surface area contributed by atoms with Gasteiger partial charge in [-0.1, -0.05) is 37.5 Å². The first-order valence-electron chi connectivity index (χ1n) is 6.13. The highest BCUT2D eigenvalue weighted by Gasteiger charge is 2.49. The number of likely N-dealkylation sites (N-methyl/N-ethyl adjacent to an activating group) is 1. The average Bonchev–Trinajstić information content (AvgIpc) is 2.55. The smallest absolute Gasteiger partial charge is 0.237 e. The summed E-state index contributed by atoms with van der Waals surface area (Å²) in [6, 6.07) is 8.28. The fourth-order valence-electron chi connectivity index (χ4n) is 3.35. The first-order chi connectivity index (χ1) is 7.76. The molecule has 0 saturated heterocycles. The Labute approximate surface area is 96.3 Å². The lowest BCUT2D eigenvalue weighted by Gasteiger charge is -2.32. The minimum atomic E-state index is -0.177. The van der Waals surface area contributed by atoms with Crippen LogP contribution in [-0.4, -0.2) is 13.0 Å². The van der Waals surface area contributed by atoms with Gasteiger partial charge in [-0.3, -0.25) is 4.79 Å². The van der Waals surface area contributed by atoms with Gasteiger partial charge in [0.1, 0.15) is 0 Å². The molecular weight excluding hydrogens is 198 g/mol. The van der Waals surface area contributed by atoms with Gasteiger partial charge in [0.2, 0.25) is 5.91 Å². The monoisotopic (exact) mass is 215 g/mol. The molecule has 1 spiro atoms. The van der Waals surface area contributed by atoms with Gasteiger partial charge in [-0.15, -0.1) is 0 Å². The molecule has 3 rings (SSSR count). The molecule has 1 aromatic rings. The van der Waals surface area contributed by atoms with Crippen LogP contribution in [0.3, 0.4) is 0 Å². The molecule has 2 aliphatic rings. The van der Waals surface area contributed by atoms with Crippen molar-refractivity contribution in [2.75, 3.05) is 11.9 Å². The number of amides is 1. The summed E-state index contributed by atoms with van der Waals surface area (Å²) >= 11 is 0. The molecule has 1 saturated carbocycles. The molecule has 1 aliphatic heterocycles. The fraction of sp³-hybridized carbons (Fsp3) is 0.500. The zero-order valence-corrected chi connectivity index (χ0v) is 9.70. The van der Waals surface area contributed by atoms with E-state index in [0.29, 0.717) is 5.91 Å². The Kier molecular flexibility index (Phi) is 2.06. The van der Waals surface area contributed by atoms with Crippen LogP contribution in [0, 0.1) is 0 Å². The normalized spacial score (nSPS) is 22.6. The topological polar surface area (TPSA) is 20.3 Å². The van der Waals surface area contributed by atoms with E-state index in [1.54, 1.807) is 0 Å². The first-order valence-corrected chi connectivity index (χ1v) is 6.13. The van der Waals surface area contributed by atoms with E-state index in [0.717, 1.165) is 18.5 Å². The van der Waals surface area contributed by atoms with Crippen LogP contribution in [0.2, 0.25) is 0 Å². The Morgan fingerprint density at radius 1 is 1.12 bits per heavy atom. The molecule has 0 bridgehead atoms. The fourth-order valence-corrected chi connectivity index (χ4v) is 3.35. The largest absolute Gasteiger partial charge is 0.314 e. The summed E-state index contributed by atoms with van der Waals surface area (Å²) in [5, 5.41) is 0. The van der Waals surface area contributed by atoms with Crippen molar-refractivity contribution in [2.45, 2.75) is 37.5 Å². The summed E-state index contributed by atoms with van der Waals surface area (Å²) in [7, 11) is 1.91. The molecule has 84 valence electrons. The van der Waals surface area contributed by atoms with Crippen LogP contribution in [0.4, 0.5) is 5.69 Å². The highest BCUT2D eigenvalue weighted by molar-refractivity contribution is 6.07. The lowest BCUT2D eigenvalue weighted by molar-refractivity contribution is -0.124. The van der Waals surface area contributed by atoms with Gasteiger partial charge in [0, 0.05) is 12.7 Å². The standard InChI is InChI=1S/C14H17NO/c1-15-12-8-4-3-7-11(12)14(13(15)16)9-5-2-6-10-14/h3-4,7-8H,2,5-6,9-10H2,1H3. The molecule has 1 aromatic carbocycles. The predicted octanol–water partition coefficient (Wildman–Crippen LogP) is 2.86. The molecule has 1 amide bonds. The molecule has 0 aromatic heterocycles. The van der Waals surface area contributed by atoms with Crippen LogP contribution >= 0.6 is 0 Å². The van der Waals surface area contributed by atoms with Crippen molar-refractivity contribution < 1.29 is 4.79 Å². The first kappa shape index (κ1) is 9.88. The van der Waals surface area contributed by atoms with Gasteiger partial charge in [-0.25, -0.2) is 0 Å². The summed E-state index contributed by atoms with van der Waals surface area (Å²) < 4.78 is 0. The Morgan fingerprint density at radius 3 is 2.56 bits per heavy atom. The molecule has 0 atom stereocenters. The van der Waals surface area contributed by atoms with E-state index in [1.165, 1.54) is 24.8 Å². The van der Waals surface area contributed by atoms with Crippen LogP contribution in [0.5, 0.6) is 0 Å². The third-order valence-electron chi connectivity index (χ3n) is 4.20. The van der Waals surface area contributed by atoms with E-state index < -0.39 is 0 Å². The lowest BCUT2D eigenvalue weighted by Crippen LogP contribution is -2.40. The number of anilines is 1. The number of rotatable bonds is 0. The number of para-hydroxylation sites is 1. The zero-order valence-electron chi connectivity index (χ0n) is 9.70. The molecule has 0 N–H and O–H groups in total. The Morgan fingerprint density at radius 2 is 1.81 bits per heavy atom. The van der Waals surface area contributed by atoms with Crippen LogP contribution in [0.15, 0.2) is 24.3 Å². The molecule has 16 heavy (non-hydrogen) atoms. The van der Waals surface area contributed by atoms with E-state index >= 15 is 0 Å². The second kappa shape index (κ2) is 3.34. The van der Waals surface area contributed by atoms with Crippen molar-refractivity contribution in [3.8, 4) is 0 Å².